The Balaban J connectivity index is 0.00000592. The van der Waals surface area contributed by atoms with Crippen LogP contribution < -0.4 is 4.74 Å². The van der Waals surface area contributed by atoms with Gasteiger partial charge in [0.2, 0.25) is 0 Å². The minimum absolute atomic E-state index is 0. The quantitative estimate of drug-likeness (QED) is 0.149. The standard InChI is InChI=1S/C60H60N4O.Pt/c1-57(2,3)42-25-27-49(52(34-42)60(10,11)12)41-37-62-63(38-41)44-32-43(58(4,5)6)33-46(35-44)65-45-26-28-50-54(36-45)64(53-24-18-23-51(56(50)53)59(7,8)9)55-31-40(29-30-61-55)48-22-17-16-21-47(48)39-19-14-13-15-20-39;/h13-34,37-38H,1-12H3;/q-2;+2. The van der Waals surface area contributed by atoms with E-state index in [1.807, 2.05) is 23.1 Å². The summed E-state index contributed by atoms with van der Waals surface area (Å²) in [5.41, 5.74) is 14.3. The largest absolute Gasteiger partial charge is 2.00 e. The van der Waals surface area contributed by atoms with Gasteiger partial charge in [-0.25, -0.2) is 4.98 Å². The van der Waals surface area contributed by atoms with Gasteiger partial charge in [-0.05, 0) is 95.4 Å². The van der Waals surface area contributed by atoms with E-state index in [1.54, 1.807) is 0 Å². The molecule has 9 aromatic rings. The second kappa shape index (κ2) is 17.3. The number of hydrogen-bond acceptors (Lipinski definition) is 3. The summed E-state index contributed by atoms with van der Waals surface area (Å²) < 4.78 is 11.0. The van der Waals surface area contributed by atoms with Crippen molar-refractivity contribution in [3.05, 3.63) is 180 Å². The van der Waals surface area contributed by atoms with Crippen LogP contribution in [-0.4, -0.2) is 19.3 Å². The monoisotopic (exact) mass is 1050 g/mol. The molecular formula is C60H60N4OPt. The molecule has 0 spiro atoms. The predicted molar refractivity (Wildman–Crippen MR) is 271 cm³/mol. The fourth-order valence-corrected chi connectivity index (χ4v) is 8.94. The minimum atomic E-state index is -0.167. The predicted octanol–water partition coefficient (Wildman–Crippen LogP) is 15.9. The maximum Gasteiger partial charge on any atom is 2.00 e. The average Bonchev–Trinajstić information content (AvgIpc) is 3.89. The number of hydrogen-bond donors (Lipinski definition) is 0. The molecular weight excluding hydrogens is 988 g/mol. The molecule has 6 aromatic carbocycles. The molecule has 0 saturated heterocycles. The maximum atomic E-state index is 6.84. The molecule has 5 nitrogen and oxygen atoms in total. The van der Waals surface area contributed by atoms with Crippen LogP contribution >= 0.6 is 0 Å². The normalized spacial score (nSPS) is 12.4. The van der Waals surface area contributed by atoms with E-state index < -0.39 is 0 Å². The molecule has 3 aromatic heterocycles. The number of fused-ring (bicyclic) bond motifs is 3. The molecule has 3 heterocycles. The van der Waals surface area contributed by atoms with E-state index >= 15 is 0 Å². The summed E-state index contributed by atoms with van der Waals surface area (Å²) in [7, 11) is 0. The Morgan fingerprint density at radius 3 is 1.88 bits per heavy atom. The van der Waals surface area contributed by atoms with Crippen molar-refractivity contribution in [3.8, 4) is 56.4 Å². The third kappa shape index (κ3) is 9.08. The van der Waals surface area contributed by atoms with Crippen LogP contribution in [0.25, 0.3) is 66.7 Å². The number of rotatable bonds is 7. The summed E-state index contributed by atoms with van der Waals surface area (Å²) in [6, 6.07) is 52.7. The molecule has 0 aliphatic carbocycles. The van der Waals surface area contributed by atoms with E-state index in [9.17, 15) is 0 Å². The van der Waals surface area contributed by atoms with Gasteiger partial charge in [0.15, 0.2) is 0 Å². The second-order valence-electron chi connectivity index (χ2n) is 21.6. The first kappa shape index (κ1) is 46.5. The van der Waals surface area contributed by atoms with E-state index in [0.717, 1.165) is 50.2 Å². The Bertz CT molecular complexity index is 3220. The Morgan fingerprint density at radius 1 is 0.515 bits per heavy atom. The molecule has 6 heteroatoms. The van der Waals surface area contributed by atoms with Gasteiger partial charge >= 0.3 is 21.1 Å². The molecule has 0 fully saturated rings. The van der Waals surface area contributed by atoms with Crippen LogP contribution in [0.4, 0.5) is 0 Å². The van der Waals surface area contributed by atoms with Gasteiger partial charge in [-0.1, -0.05) is 174 Å². The molecule has 0 bridgehead atoms. The van der Waals surface area contributed by atoms with E-state index in [0.29, 0.717) is 11.5 Å². The zero-order valence-corrected chi connectivity index (χ0v) is 42.6. The van der Waals surface area contributed by atoms with Gasteiger partial charge in [-0.2, -0.15) is 11.2 Å². The Morgan fingerprint density at radius 2 is 1.20 bits per heavy atom. The molecule has 0 N–H and O–H groups in total. The number of pyridine rings is 1. The van der Waals surface area contributed by atoms with Crippen LogP contribution in [0.1, 0.15) is 105 Å². The SMILES string of the molecule is CC(C)(C)c1cc(Oc2[c-]c3c(cc2)c2c(C(C)(C)C)cccc2n3-c2cc(-c3ccccc3-c3ccccc3)ccn2)[c-]c(-n2cc(-c3ccc(C(C)(C)C)cc3C(C)(C)C)cn2)c1.[Pt+2]. The summed E-state index contributed by atoms with van der Waals surface area (Å²) in [6.07, 6.45) is 6.00. The van der Waals surface area contributed by atoms with Crippen LogP contribution in [0.3, 0.4) is 0 Å². The third-order valence-corrected chi connectivity index (χ3v) is 12.5. The van der Waals surface area contributed by atoms with Crippen LogP contribution in [0.5, 0.6) is 11.5 Å². The molecule has 0 radical (unpaired) electrons. The van der Waals surface area contributed by atoms with Crippen molar-refractivity contribution >= 4 is 21.8 Å². The number of aromatic nitrogens is 4. The summed E-state index contributed by atoms with van der Waals surface area (Å²) in [5, 5.41) is 7.21. The molecule has 0 unspecified atom stereocenters. The second-order valence-corrected chi connectivity index (χ2v) is 21.6. The van der Waals surface area contributed by atoms with E-state index in [1.165, 1.54) is 38.8 Å². The smallest absolute Gasteiger partial charge is 0.509 e. The van der Waals surface area contributed by atoms with Crippen LogP contribution in [0, 0.1) is 12.1 Å². The average molecular weight is 1050 g/mol. The van der Waals surface area contributed by atoms with Crippen molar-refractivity contribution in [2.24, 2.45) is 0 Å². The Hall–Kier alpha value is -6.03. The van der Waals surface area contributed by atoms with Crippen LogP contribution in [0.15, 0.2) is 146 Å². The molecule has 336 valence electrons. The van der Waals surface area contributed by atoms with Crippen molar-refractivity contribution in [3.63, 3.8) is 0 Å². The third-order valence-electron chi connectivity index (χ3n) is 12.5. The zero-order valence-electron chi connectivity index (χ0n) is 40.4. The Labute approximate surface area is 406 Å². The number of nitrogens with zero attached hydrogens (tertiary/aromatic N) is 4. The van der Waals surface area contributed by atoms with Gasteiger partial charge < -0.3 is 9.30 Å². The van der Waals surface area contributed by atoms with E-state index in [4.69, 9.17) is 14.8 Å². The van der Waals surface area contributed by atoms with E-state index in [2.05, 4.69) is 227 Å². The van der Waals surface area contributed by atoms with Crippen LogP contribution in [-0.2, 0) is 42.7 Å². The molecule has 9 rings (SSSR count). The van der Waals surface area contributed by atoms with Crippen molar-refractivity contribution in [2.45, 2.75) is 105 Å². The van der Waals surface area contributed by atoms with Gasteiger partial charge in [0.25, 0.3) is 0 Å². The summed E-state index contributed by atoms with van der Waals surface area (Å²) in [4.78, 5) is 5.04. The molecule has 0 amide bonds. The first-order chi connectivity index (χ1) is 30.7. The van der Waals surface area contributed by atoms with Crippen molar-refractivity contribution in [2.75, 3.05) is 0 Å². The summed E-state index contributed by atoms with van der Waals surface area (Å²) >= 11 is 0. The number of ether oxygens (including phenoxy) is 1. The Kier molecular flexibility index (Phi) is 12.2. The topological polar surface area (TPSA) is 44.9 Å². The van der Waals surface area contributed by atoms with Crippen molar-refractivity contribution in [1.29, 1.82) is 0 Å². The number of benzene rings is 6. The van der Waals surface area contributed by atoms with Gasteiger partial charge in [-0.15, -0.1) is 41.3 Å². The van der Waals surface area contributed by atoms with Gasteiger partial charge in [-0.3, -0.25) is 4.68 Å². The van der Waals surface area contributed by atoms with Gasteiger partial charge in [0.05, 0.1) is 6.20 Å². The van der Waals surface area contributed by atoms with Crippen molar-refractivity contribution in [1.82, 2.24) is 19.3 Å². The molecule has 66 heavy (non-hydrogen) atoms. The summed E-state index contributed by atoms with van der Waals surface area (Å²) in [5.74, 6) is 2.00. The molecule has 0 atom stereocenters. The molecule has 0 saturated carbocycles. The summed E-state index contributed by atoms with van der Waals surface area (Å²) in [6.45, 7) is 27.1. The first-order valence-electron chi connectivity index (χ1n) is 22.8. The van der Waals surface area contributed by atoms with Crippen LogP contribution in [0.2, 0.25) is 0 Å². The zero-order chi connectivity index (χ0) is 46.1. The van der Waals surface area contributed by atoms with Crippen molar-refractivity contribution < 1.29 is 25.8 Å². The maximum absolute atomic E-state index is 6.84. The first-order valence-corrected chi connectivity index (χ1v) is 22.8. The fraction of sp³-hybridized carbons (Fsp3) is 0.267. The fourth-order valence-electron chi connectivity index (χ4n) is 8.94. The molecule has 0 aliphatic heterocycles. The minimum Gasteiger partial charge on any atom is -0.509 e. The van der Waals surface area contributed by atoms with Gasteiger partial charge in [0.1, 0.15) is 5.82 Å². The van der Waals surface area contributed by atoms with E-state index in [-0.39, 0.29) is 42.7 Å². The molecule has 0 aliphatic rings. The van der Waals surface area contributed by atoms with Gasteiger partial charge in [0, 0.05) is 35.0 Å².